The Balaban J connectivity index is 0.000000258. The predicted octanol–water partition coefficient (Wildman–Crippen LogP) is 6.40. The van der Waals surface area contributed by atoms with Crippen LogP contribution in [-0.4, -0.2) is 34.5 Å². The smallest absolute Gasteiger partial charge is 0.164 e. The largest absolute Gasteiger partial charge is 0.512 e. The molecule has 0 saturated carbocycles. The third-order valence-corrected chi connectivity index (χ3v) is 5.92. The summed E-state index contributed by atoms with van der Waals surface area (Å²) in [5, 5.41) is 11.7. The van der Waals surface area contributed by atoms with Gasteiger partial charge in [0.05, 0.1) is 11.4 Å². The molecule has 1 aromatic carbocycles. The number of anilines is 1. The number of pyridine rings is 2. The van der Waals surface area contributed by atoms with Gasteiger partial charge in [-0.1, -0.05) is 79.1 Å². The number of nitrogens with zero attached hydrogens (tertiary/aromatic N) is 3. The maximum atomic E-state index is 11.5. The topological polar surface area (TPSA) is 66.3 Å². The first-order valence-electron chi connectivity index (χ1n) is 11.4. The van der Waals surface area contributed by atoms with Crippen molar-refractivity contribution in [3.8, 4) is 0 Å². The van der Waals surface area contributed by atoms with Gasteiger partial charge in [-0.15, -0.1) is 12.1 Å². The average molecular weight is 639 g/mol. The maximum absolute atomic E-state index is 11.5. The molecule has 0 bridgehead atoms. The first-order valence-corrected chi connectivity index (χ1v) is 11.4. The zero-order chi connectivity index (χ0) is 24.8. The summed E-state index contributed by atoms with van der Waals surface area (Å²) in [5.74, 6) is 0.104. The van der Waals surface area contributed by atoms with Crippen LogP contribution in [0.2, 0.25) is 0 Å². The van der Waals surface area contributed by atoms with Crippen molar-refractivity contribution in [3.05, 3.63) is 54.1 Å². The van der Waals surface area contributed by atoms with E-state index in [0.29, 0.717) is 0 Å². The number of hydrogen-bond donors (Lipinski definition) is 1. The van der Waals surface area contributed by atoms with Crippen molar-refractivity contribution in [2.75, 3.05) is 18.5 Å². The van der Waals surface area contributed by atoms with Gasteiger partial charge in [0.25, 0.3) is 0 Å². The Morgan fingerprint density at radius 1 is 1.15 bits per heavy atom. The summed E-state index contributed by atoms with van der Waals surface area (Å²) < 4.78 is 0. The molecule has 0 amide bonds. The summed E-state index contributed by atoms with van der Waals surface area (Å²) in [7, 11) is 2.13. The minimum Gasteiger partial charge on any atom is -0.512 e. The number of fused-ring (bicyclic) bond motifs is 4. The van der Waals surface area contributed by atoms with Gasteiger partial charge in [-0.2, -0.15) is 0 Å². The van der Waals surface area contributed by atoms with Crippen LogP contribution in [0.3, 0.4) is 0 Å². The second-order valence-electron chi connectivity index (χ2n) is 11.6. The zero-order valence-corrected chi connectivity index (χ0v) is 24.1. The molecule has 0 atom stereocenters. The normalized spacial score (nSPS) is 15.4. The molecule has 6 heteroatoms. The molecule has 185 valence electrons. The Hall–Kier alpha value is -2.30. The van der Waals surface area contributed by atoms with Gasteiger partial charge in [-0.05, 0) is 22.5 Å². The van der Waals surface area contributed by atoms with E-state index in [1.807, 2.05) is 53.7 Å². The van der Waals surface area contributed by atoms with Crippen LogP contribution >= 0.6 is 0 Å². The molecule has 0 aliphatic carbocycles. The molecule has 1 aliphatic rings. The summed E-state index contributed by atoms with van der Waals surface area (Å²) in [5.41, 5.74) is 3.71. The third-order valence-electron chi connectivity index (χ3n) is 5.92. The van der Waals surface area contributed by atoms with Crippen LogP contribution in [0.4, 0.5) is 5.69 Å². The second kappa shape index (κ2) is 9.75. The van der Waals surface area contributed by atoms with Crippen molar-refractivity contribution < 1.29 is 30.0 Å². The number of allylic oxidation sites excluding steroid dienone is 2. The van der Waals surface area contributed by atoms with Crippen molar-refractivity contribution >= 4 is 33.3 Å². The first-order chi connectivity index (χ1) is 15.1. The first kappa shape index (κ1) is 27.9. The number of ketones is 1. The monoisotopic (exact) mass is 639 g/mol. The van der Waals surface area contributed by atoms with Crippen LogP contribution in [0, 0.1) is 16.9 Å². The van der Waals surface area contributed by atoms with Crippen molar-refractivity contribution in [2.45, 2.75) is 60.8 Å². The van der Waals surface area contributed by atoms with Crippen molar-refractivity contribution in [1.82, 2.24) is 9.97 Å². The molecule has 0 unspecified atom stereocenters. The molecule has 0 fully saturated rings. The number of aromatic nitrogens is 2. The number of likely N-dealkylation sites (N-methyl/N-ethyl adjacent to an activating group) is 1. The van der Waals surface area contributed by atoms with E-state index in [1.54, 1.807) is 6.20 Å². The Morgan fingerprint density at radius 3 is 2.38 bits per heavy atom. The Morgan fingerprint density at radius 2 is 1.79 bits per heavy atom. The number of aliphatic hydroxyl groups excluding tert-OH is 1. The van der Waals surface area contributed by atoms with Crippen LogP contribution in [0.25, 0.3) is 21.8 Å². The average Bonchev–Trinajstić information content (AvgIpc) is 2.93. The summed E-state index contributed by atoms with van der Waals surface area (Å²) in [6, 6.07) is 11.5. The Kier molecular flexibility index (Phi) is 8.01. The SMILES string of the molecule is CC(C)(C)C(=O)C=C(O)C(C)(C)C.CN1CC(C)(C)c2nc3c(ccc4ncc[c-]c43)cc21.[Ir]. The molecule has 2 aromatic heterocycles. The second-order valence-corrected chi connectivity index (χ2v) is 11.6. The van der Waals surface area contributed by atoms with Crippen molar-refractivity contribution in [3.63, 3.8) is 0 Å². The fourth-order valence-electron chi connectivity index (χ4n) is 3.81. The minimum atomic E-state index is -0.417. The quantitative estimate of drug-likeness (QED) is 0.145. The van der Waals surface area contributed by atoms with E-state index in [0.717, 1.165) is 28.4 Å². The van der Waals surface area contributed by atoms with E-state index in [2.05, 4.69) is 49.0 Å². The van der Waals surface area contributed by atoms with Crippen molar-refractivity contribution in [1.29, 1.82) is 0 Å². The van der Waals surface area contributed by atoms with Crippen LogP contribution in [0.1, 0.15) is 61.1 Å². The molecular formula is C28H36IrN3O2-. The summed E-state index contributed by atoms with van der Waals surface area (Å²) in [6.45, 7) is 16.6. The molecule has 1 N–H and O–H groups in total. The van der Waals surface area contributed by atoms with Crippen LogP contribution in [-0.2, 0) is 30.3 Å². The molecule has 4 rings (SSSR count). The summed E-state index contributed by atoms with van der Waals surface area (Å²) in [4.78, 5) is 23.1. The van der Waals surface area contributed by atoms with Crippen LogP contribution in [0.5, 0.6) is 0 Å². The van der Waals surface area contributed by atoms with E-state index in [1.165, 1.54) is 17.5 Å². The van der Waals surface area contributed by atoms with Gasteiger partial charge in [0, 0.05) is 56.0 Å². The number of rotatable bonds is 1. The Bertz CT molecular complexity index is 1230. The third kappa shape index (κ3) is 5.84. The Labute approximate surface area is 217 Å². The zero-order valence-electron chi connectivity index (χ0n) is 21.7. The molecule has 5 nitrogen and oxygen atoms in total. The van der Waals surface area contributed by atoms with E-state index in [9.17, 15) is 9.90 Å². The number of carbonyl (C=O) groups excluding carboxylic acids is 1. The van der Waals surface area contributed by atoms with Gasteiger partial charge in [0.2, 0.25) is 0 Å². The van der Waals surface area contributed by atoms with Gasteiger partial charge in [-0.3, -0.25) is 9.78 Å². The van der Waals surface area contributed by atoms with Gasteiger partial charge < -0.3 is 15.0 Å². The van der Waals surface area contributed by atoms with Crippen molar-refractivity contribution in [2.24, 2.45) is 10.8 Å². The number of hydrogen-bond acceptors (Lipinski definition) is 5. The van der Waals surface area contributed by atoms with Gasteiger partial charge in [0.1, 0.15) is 5.76 Å². The molecular weight excluding hydrogens is 603 g/mol. The molecule has 1 radical (unpaired) electrons. The standard InChI is InChI=1S/C17H16N3.C11H20O2.Ir/c1-17(2)10-20(3)14-9-11-6-7-13-12(5-4-8-18-13)15(11)19-16(14)17;1-10(2,3)8(12)7-9(13)11(4,5)6;/h4,6-9H,10H2,1-3H3;7,12H,1-6H3;/q-1;;. The number of aliphatic hydroxyl groups is 1. The van der Waals surface area contributed by atoms with E-state index in [-0.39, 0.29) is 42.5 Å². The van der Waals surface area contributed by atoms with Crippen LogP contribution < -0.4 is 4.90 Å². The minimum absolute atomic E-state index is 0. The molecule has 0 spiro atoms. The molecule has 0 saturated heterocycles. The molecule has 3 heterocycles. The molecule has 1 aliphatic heterocycles. The number of benzene rings is 1. The molecule has 34 heavy (non-hydrogen) atoms. The van der Waals surface area contributed by atoms with Gasteiger partial charge >= 0.3 is 0 Å². The summed E-state index contributed by atoms with van der Waals surface area (Å²) >= 11 is 0. The van der Waals surface area contributed by atoms with E-state index < -0.39 is 5.41 Å². The predicted molar refractivity (Wildman–Crippen MR) is 137 cm³/mol. The fraction of sp³-hybridized carbons (Fsp3) is 0.464. The number of carbonyl (C=O) groups is 1. The van der Waals surface area contributed by atoms with E-state index >= 15 is 0 Å². The van der Waals surface area contributed by atoms with Gasteiger partial charge in [0.15, 0.2) is 5.78 Å². The van der Waals surface area contributed by atoms with Crippen LogP contribution in [0.15, 0.2) is 42.3 Å². The molecule has 3 aromatic rings. The summed E-state index contributed by atoms with van der Waals surface area (Å²) in [6.07, 6.45) is 3.11. The maximum Gasteiger partial charge on any atom is 0.164 e. The fourth-order valence-corrected chi connectivity index (χ4v) is 3.81. The van der Waals surface area contributed by atoms with Gasteiger partial charge in [-0.25, -0.2) is 0 Å². The van der Waals surface area contributed by atoms with E-state index in [4.69, 9.17) is 4.98 Å².